The van der Waals surface area contributed by atoms with E-state index in [0.29, 0.717) is 5.54 Å². The minimum atomic E-state index is 0.373. The van der Waals surface area contributed by atoms with E-state index in [1.807, 2.05) is 6.08 Å². The first-order chi connectivity index (χ1) is 8.63. The van der Waals surface area contributed by atoms with Crippen molar-refractivity contribution in [2.45, 2.75) is 24.8 Å². The number of ether oxygens (including phenoxy) is 1. The van der Waals surface area contributed by atoms with Gasteiger partial charge in [0.25, 0.3) is 0 Å². The van der Waals surface area contributed by atoms with Gasteiger partial charge < -0.3 is 20.7 Å². The Labute approximate surface area is 108 Å². The molecule has 0 aromatic carbocycles. The molecule has 3 N–H and O–H groups in total. The fourth-order valence-corrected chi connectivity index (χ4v) is 2.83. The van der Waals surface area contributed by atoms with Gasteiger partial charge in [0.15, 0.2) is 0 Å². The Morgan fingerprint density at radius 1 is 1.50 bits per heavy atom. The SMILES string of the molecule is C=C1CC(N2CCNC3(CC3)C2)=C(OC)C=C1N. The van der Waals surface area contributed by atoms with E-state index in [2.05, 4.69) is 16.8 Å². The average Bonchev–Trinajstić information content (AvgIpc) is 3.11. The second-order valence-electron chi connectivity index (χ2n) is 5.52. The number of nitrogens with zero attached hydrogens (tertiary/aromatic N) is 1. The molecular weight excluding hydrogens is 226 g/mol. The number of allylic oxidation sites excluding steroid dienone is 3. The lowest BCUT2D eigenvalue weighted by Gasteiger charge is -2.38. The van der Waals surface area contributed by atoms with Crippen molar-refractivity contribution in [3.05, 3.63) is 35.4 Å². The Kier molecular flexibility index (Phi) is 2.63. The second-order valence-corrected chi connectivity index (χ2v) is 5.52. The highest BCUT2D eigenvalue weighted by Crippen LogP contribution is 2.40. The van der Waals surface area contributed by atoms with Gasteiger partial charge in [-0.1, -0.05) is 6.58 Å². The molecule has 1 saturated heterocycles. The van der Waals surface area contributed by atoms with Gasteiger partial charge >= 0.3 is 0 Å². The minimum absolute atomic E-state index is 0.373. The summed E-state index contributed by atoms with van der Waals surface area (Å²) < 4.78 is 5.48. The van der Waals surface area contributed by atoms with Gasteiger partial charge in [-0.25, -0.2) is 0 Å². The number of nitrogens with one attached hydrogen (secondary N) is 1. The quantitative estimate of drug-likeness (QED) is 0.767. The van der Waals surface area contributed by atoms with Crippen molar-refractivity contribution >= 4 is 0 Å². The van der Waals surface area contributed by atoms with Crippen LogP contribution in [0.25, 0.3) is 0 Å². The summed E-state index contributed by atoms with van der Waals surface area (Å²) in [6, 6.07) is 0. The zero-order valence-corrected chi connectivity index (χ0v) is 11.0. The number of hydrogen-bond acceptors (Lipinski definition) is 4. The van der Waals surface area contributed by atoms with Crippen LogP contribution in [0.4, 0.5) is 0 Å². The van der Waals surface area contributed by atoms with Crippen LogP contribution >= 0.6 is 0 Å². The highest BCUT2D eigenvalue weighted by molar-refractivity contribution is 5.42. The first-order valence-corrected chi connectivity index (χ1v) is 6.56. The van der Waals surface area contributed by atoms with Crippen molar-refractivity contribution in [1.82, 2.24) is 10.2 Å². The third-order valence-corrected chi connectivity index (χ3v) is 4.19. The van der Waals surface area contributed by atoms with Crippen LogP contribution in [0.5, 0.6) is 0 Å². The Hall–Kier alpha value is -1.42. The Balaban J connectivity index is 1.86. The van der Waals surface area contributed by atoms with E-state index in [1.165, 1.54) is 18.5 Å². The zero-order chi connectivity index (χ0) is 12.8. The molecule has 98 valence electrons. The zero-order valence-electron chi connectivity index (χ0n) is 11.0. The van der Waals surface area contributed by atoms with Gasteiger partial charge in [-0.3, -0.25) is 0 Å². The molecule has 1 aliphatic heterocycles. The Morgan fingerprint density at radius 2 is 2.28 bits per heavy atom. The van der Waals surface area contributed by atoms with Gasteiger partial charge in [-0.05, 0) is 18.4 Å². The van der Waals surface area contributed by atoms with Gasteiger partial charge in [-0.15, -0.1) is 0 Å². The minimum Gasteiger partial charge on any atom is -0.495 e. The molecule has 0 bridgehead atoms. The van der Waals surface area contributed by atoms with Crippen LogP contribution < -0.4 is 11.1 Å². The van der Waals surface area contributed by atoms with Crippen molar-refractivity contribution in [1.29, 1.82) is 0 Å². The van der Waals surface area contributed by atoms with Crippen LogP contribution in [0.2, 0.25) is 0 Å². The molecule has 18 heavy (non-hydrogen) atoms. The molecule has 3 aliphatic rings. The maximum atomic E-state index is 5.92. The summed E-state index contributed by atoms with van der Waals surface area (Å²) in [5.74, 6) is 0.901. The highest BCUT2D eigenvalue weighted by Gasteiger charge is 2.46. The maximum absolute atomic E-state index is 5.92. The van der Waals surface area contributed by atoms with E-state index in [1.54, 1.807) is 7.11 Å². The molecule has 0 unspecified atom stereocenters. The predicted molar refractivity (Wildman–Crippen MR) is 71.6 cm³/mol. The standard InChI is InChI=1S/C14H21N3O/c1-10-7-12(13(18-2)8-11(10)15)17-6-5-16-14(9-17)3-4-14/h8,16H,1,3-7,9,15H2,2H3. The summed E-state index contributed by atoms with van der Waals surface area (Å²) in [7, 11) is 1.71. The van der Waals surface area contributed by atoms with Gasteiger partial charge in [0.05, 0.1) is 12.8 Å². The summed E-state index contributed by atoms with van der Waals surface area (Å²) in [4.78, 5) is 2.44. The lowest BCUT2D eigenvalue weighted by molar-refractivity contribution is 0.207. The molecule has 0 amide bonds. The first kappa shape index (κ1) is 11.7. The van der Waals surface area contributed by atoms with Crippen LogP contribution in [-0.2, 0) is 4.74 Å². The molecule has 0 atom stereocenters. The van der Waals surface area contributed by atoms with Crippen LogP contribution in [-0.4, -0.2) is 37.2 Å². The first-order valence-electron chi connectivity index (χ1n) is 6.56. The van der Waals surface area contributed by atoms with Crippen molar-refractivity contribution in [2.75, 3.05) is 26.7 Å². The predicted octanol–water partition coefficient (Wildman–Crippen LogP) is 1.08. The average molecular weight is 247 g/mol. The van der Waals surface area contributed by atoms with Crippen molar-refractivity contribution < 1.29 is 4.74 Å². The number of hydrogen-bond donors (Lipinski definition) is 2. The number of methoxy groups -OCH3 is 1. The van der Waals surface area contributed by atoms with Crippen molar-refractivity contribution in [3.63, 3.8) is 0 Å². The summed E-state index contributed by atoms with van der Waals surface area (Å²) in [6.07, 6.45) is 5.29. The van der Waals surface area contributed by atoms with Crippen LogP contribution in [0, 0.1) is 0 Å². The topological polar surface area (TPSA) is 50.5 Å². The smallest absolute Gasteiger partial charge is 0.140 e. The molecule has 0 aromatic rings. The molecule has 4 heteroatoms. The molecule has 2 fully saturated rings. The Morgan fingerprint density at radius 3 is 2.94 bits per heavy atom. The van der Waals surface area contributed by atoms with E-state index >= 15 is 0 Å². The van der Waals surface area contributed by atoms with E-state index in [4.69, 9.17) is 10.5 Å². The van der Waals surface area contributed by atoms with E-state index < -0.39 is 0 Å². The Bertz CT molecular complexity index is 446. The molecule has 2 aliphatic carbocycles. The van der Waals surface area contributed by atoms with E-state index in [0.717, 1.165) is 43.1 Å². The fraction of sp³-hybridized carbons (Fsp3) is 0.571. The van der Waals surface area contributed by atoms with Gasteiger partial charge in [0, 0.05) is 43.4 Å². The highest BCUT2D eigenvalue weighted by atomic mass is 16.5. The third kappa shape index (κ3) is 1.90. The van der Waals surface area contributed by atoms with Crippen LogP contribution in [0.1, 0.15) is 19.3 Å². The summed E-state index contributed by atoms with van der Waals surface area (Å²) in [5.41, 5.74) is 9.27. The largest absolute Gasteiger partial charge is 0.495 e. The molecule has 4 nitrogen and oxygen atoms in total. The second kappa shape index (κ2) is 4.05. The molecule has 3 rings (SSSR count). The van der Waals surface area contributed by atoms with Gasteiger partial charge in [0.1, 0.15) is 5.76 Å². The van der Waals surface area contributed by atoms with E-state index in [-0.39, 0.29) is 0 Å². The number of nitrogens with two attached hydrogens (primary N) is 1. The monoisotopic (exact) mass is 247 g/mol. The maximum Gasteiger partial charge on any atom is 0.140 e. The molecule has 1 heterocycles. The van der Waals surface area contributed by atoms with Crippen molar-refractivity contribution in [2.24, 2.45) is 5.73 Å². The normalized spacial score (nSPS) is 26.4. The van der Waals surface area contributed by atoms with E-state index in [9.17, 15) is 0 Å². The van der Waals surface area contributed by atoms with Crippen LogP contribution in [0.15, 0.2) is 35.4 Å². The summed E-state index contributed by atoms with van der Waals surface area (Å²) in [5, 5.41) is 3.62. The van der Waals surface area contributed by atoms with Gasteiger partial charge in [-0.2, -0.15) is 0 Å². The fourth-order valence-electron chi connectivity index (χ4n) is 2.83. The summed E-state index contributed by atoms with van der Waals surface area (Å²) in [6.45, 7) is 7.20. The van der Waals surface area contributed by atoms with Gasteiger partial charge in [0.2, 0.25) is 0 Å². The molecule has 1 spiro atoms. The molecule has 0 aromatic heterocycles. The number of piperazine rings is 1. The molecule has 0 radical (unpaired) electrons. The van der Waals surface area contributed by atoms with Crippen LogP contribution in [0.3, 0.4) is 0 Å². The lowest BCUT2D eigenvalue weighted by atomic mass is 9.99. The van der Waals surface area contributed by atoms with Crippen molar-refractivity contribution in [3.8, 4) is 0 Å². The molecule has 1 saturated carbocycles. The summed E-state index contributed by atoms with van der Waals surface area (Å²) >= 11 is 0. The lowest BCUT2D eigenvalue weighted by Crippen LogP contribution is -2.52. The third-order valence-electron chi connectivity index (χ3n) is 4.19. The molecular formula is C14H21N3O. The number of rotatable bonds is 2.